The van der Waals surface area contributed by atoms with E-state index < -0.39 is 10.0 Å². The van der Waals surface area contributed by atoms with Gasteiger partial charge in [0.05, 0.1) is 16.6 Å². The Morgan fingerprint density at radius 2 is 1.44 bits per heavy atom. The number of carbonyl (C=O) groups is 1. The van der Waals surface area contributed by atoms with E-state index >= 15 is 0 Å². The zero-order chi connectivity index (χ0) is 23.3. The van der Waals surface area contributed by atoms with Gasteiger partial charge in [0.15, 0.2) is 0 Å². The minimum atomic E-state index is -3.96. The molecule has 32 heavy (non-hydrogen) atoms. The van der Waals surface area contributed by atoms with E-state index in [1.54, 1.807) is 48.5 Å². The summed E-state index contributed by atoms with van der Waals surface area (Å²) in [5.41, 5.74) is 3.43. The maximum atomic E-state index is 13.4. The summed E-state index contributed by atoms with van der Waals surface area (Å²) in [6.07, 6.45) is 0.681. The summed E-state index contributed by atoms with van der Waals surface area (Å²) >= 11 is 5.99. The highest BCUT2D eigenvalue weighted by molar-refractivity contribution is 7.92. The van der Waals surface area contributed by atoms with Crippen LogP contribution in [0.1, 0.15) is 36.1 Å². The predicted molar refractivity (Wildman–Crippen MR) is 130 cm³/mol. The summed E-state index contributed by atoms with van der Waals surface area (Å²) in [4.78, 5) is 13.1. The summed E-state index contributed by atoms with van der Waals surface area (Å²) < 4.78 is 28.0. The summed E-state index contributed by atoms with van der Waals surface area (Å²) in [5.74, 6) is -0.386. The fraction of sp³-hybridized carbons (Fsp3) is 0.240. The molecule has 0 heterocycles. The summed E-state index contributed by atoms with van der Waals surface area (Å²) in [5, 5.41) is 3.46. The number of benzene rings is 3. The number of hydrogen-bond acceptors (Lipinski definition) is 3. The normalized spacial score (nSPS) is 12.2. The summed E-state index contributed by atoms with van der Waals surface area (Å²) in [6, 6.07) is 20.7. The lowest BCUT2D eigenvalue weighted by Crippen LogP contribution is -2.42. The van der Waals surface area contributed by atoms with Gasteiger partial charge in [-0.3, -0.25) is 9.10 Å². The van der Waals surface area contributed by atoms with Crippen molar-refractivity contribution >= 4 is 33.2 Å². The lowest BCUT2D eigenvalue weighted by molar-refractivity contribution is -0.120. The van der Waals surface area contributed by atoms with Crippen LogP contribution in [0.15, 0.2) is 77.7 Å². The van der Waals surface area contributed by atoms with E-state index in [-0.39, 0.29) is 23.4 Å². The molecule has 1 unspecified atom stereocenters. The van der Waals surface area contributed by atoms with Gasteiger partial charge in [0.25, 0.3) is 10.0 Å². The fourth-order valence-electron chi connectivity index (χ4n) is 3.35. The van der Waals surface area contributed by atoms with E-state index in [1.165, 1.54) is 0 Å². The molecule has 5 nitrogen and oxygen atoms in total. The van der Waals surface area contributed by atoms with E-state index in [1.807, 2.05) is 45.0 Å². The van der Waals surface area contributed by atoms with Crippen molar-refractivity contribution in [2.45, 2.75) is 38.1 Å². The van der Waals surface area contributed by atoms with Crippen LogP contribution in [0.4, 0.5) is 5.69 Å². The zero-order valence-corrected chi connectivity index (χ0v) is 20.0. The molecule has 168 valence electrons. The molecule has 0 aliphatic carbocycles. The smallest absolute Gasteiger partial charge is 0.264 e. The van der Waals surface area contributed by atoms with E-state index in [2.05, 4.69) is 5.32 Å². The number of hydrogen-bond donors (Lipinski definition) is 1. The number of aryl methyl sites for hydroxylation is 2. The van der Waals surface area contributed by atoms with Crippen molar-refractivity contribution in [2.24, 2.45) is 0 Å². The van der Waals surface area contributed by atoms with Gasteiger partial charge in [-0.25, -0.2) is 8.42 Å². The van der Waals surface area contributed by atoms with Gasteiger partial charge in [-0.15, -0.1) is 0 Å². The second kappa shape index (κ2) is 10.2. The molecule has 0 spiro atoms. The van der Waals surface area contributed by atoms with Crippen molar-refractivity contribution < 1.29 is 13.2 Å². The summed E-state index contributed by atoms with van der Waals surface area (Å²) in [7, 11) is -3.96. The van der Waals surface area contributed by atoms with E-state index in [9.17, 15) is 13.2 Å². The van der Waals surface area contributed by atoms with Crippen LogP contribution in [0.5, 0.6) is 0 Å². The van der Waals surface area contributed by atoms with Crippen LogP contribution in [-0.2, 0) is 14.8 Å². The van der Waals surface area contributed by atoms with Crippen molar-refractivity contribution in [1.29, 1.82) is 0 Å². The van der Waals surface area contributed by atoms with E-state index in [4.69, 9.17) is 11.6 Å². The molecule has 3 rings (SSSR count). The van der Waals surface area contributed by atoms with Gasteiger partial charge in [-0.1, -0.05) is 66.0 Å². The number of carbonyl (C=O) groups excluding carboxylic acids is 1. The zero-order valence-electron chi connectivity index (χ0n) is 18.4. The first-order valence-electron chi connectivity index (χ1n) is 10.4. The number of nitrogens with one attached hydrogen (secondary N) is 1. The van der Waals surface area contributed by atoms with E-state index in [0.717, 1.165) is 21.0 Å². The molecule has 3 aromatic carbocycles. The third kappa shape index (κ3) is 5.69. The van der Waals surface area contributed by atoms with Crippen LogP contribution in [0.3, 0.4) is 0 Å². The quantitative estimate of drug-likeness (QED) is 0.478. The molecule has 1 atom stereocenters. The number of halogens is 1. The largest absolute Gasteiger partial charge is 0.348 e. The third-order valence-electron chi connectivity index (χ3n) is 5.23. The number of nitrogens with zero attached hydrogens (tertiary/aromatic N) is 1. The van der Waals surface area contributed by atoms with Crippen LogP contribution >= 0.6 is 11.6 Å². The lowest BCUT2D eigenvalue weighted by atomic mass is 10.0. The number of sulfonamides is 1. The molecule has 0 aromatic heterocycles. The SMILES string of the molecule is CCC(NC(=O)CN(c1ccc(Cl)cc1)S(=O)(=O)c1ccc(C)cc1)c1ccc(C)cc1. The Labute approximate surface area is 195 Å². The molecule has 0 aliphatic heterocycles. The standard InChI is InChI=1S/C25H27ClN2O3S/c1-4-24(20-9-5-18(2)6-10-20)27-25(29)17-28(22-13-11-21(26)12-14-22)32(30,31)23-15-7-19(3)8-16-23/h5-16,24H,4,17H2,1-3H3,(H,27,29). The first-order chi connectivity index (χ1) is 15.2. The van der Waals surface area contributed by atoms with Crippen molar-refractivity contribution in [1.82, 2.24) is 5.32 Å². The number of rotatable bonds is 8. The molecule has 0 bridgehead atoms. The molecule has 7 heteroatoms. The molecule has 0 aliphatic rings. The number of anilines is 1. The average molecular weight is 471 g/mol. The van der Waals surface area contributed by atoms with Crippen molar-refractivity contribution in [3.05, 3.63) is 94.5 Å². The highest BCUT2D eigenvalue weighted by atomic mass is 35.5. The Hall–Kier alpha value is -2.83. The molecule has 0 radical (unpaired) electrons. The van der Waals surface area contributed by atoms with Crippen LogP contribution in [0, 0.1) is 13.8 Å². The Bertz CT molecular complexity index is 1160. The Morgan fingerprint density at radius 1 is 0.906 bits per heavy atom. The van der Waals surface area contributed by atoms with E-state index in [0.29, 0.717) is 17.1 Å². The van der Waals surface area contributed by atoms with Crippen LogP contribution in [0.2, 0.25) is 5.02 Å². The molecular weight excluding hydrogens is 444 g/mol. The van der Waals surface area contributed by atoms with Gasteiger partial charge in [-0.05, 0) is 62.2 Å². The van der Waals surface area contributed by atoms with Crippen LogP contribution < -0.4 is 9.62 Å². The maximum absolute atomic E-state index is 13.4. The molecule has 1 amide bonds. The van der Waals surface area contributed by atoms with Crippen molar-refractivity contribution in [2.75, 3.05) is 10.8 Å². The van der Waals surface area contributed by atoms with Crippen molar-refractivity contribution in [3.8, 4) is 0 Å². The first kappa shape index (κ1) is 23.8. The Kier molecular flexibility index (Phi) is 7.59. The molecule has 0 saturated carbocycles. The second-order valence-electron chi connectivity index (χ2n) is 7.74. The van der Waals surface area contributed by atoms with Crippen LogP contribution in [-0.4, -0.2) is 20.9 Å². The van der Waals surface area contributed by atoms with Gasteiger partial charge < -0.3 is 5.32 Å². The number of amides is 1. The topological polar surface area (TPSA) is 66.5 Å². The van der Waals surface area contributed by atoms with Gasteiger partial charge in [-0.2, -0.15) is 0 Å². The van der Waals surface area contributed by atoms with Gasteiger partial charge in [0.2, 0.25) is 5.91 Å². The molecule has 3 aromatic rings. The fourth-order valence-corrected chi connectivity index (χ4v) is 4.90. The first-order valence-corrected chi connectivity index (χ1v) is 12.2. The molecular formula is C25H27ClN2O3S. The third-order valence-corrected chi connectivity index (χ3v) is 7.27. The molecule has 0 fully saturated rings. The van der Waals surface area contributed by atoms with Gasteiger partial charge in [0.1, 0.15) is 6.54 Å². The van der Waals surface area contributed by atoms with Gasteiger partial charge >= 0.3 is 0 Å². The monoisotopic (exact) mass is 470 g/mol. The maximum Gasteiger partial charge on any atom is 0.264 e. The molecule has 0 saturated heterocycles. The second-order valence-corrected chi connectivity index (χ2v) is 10.0. The summed E-state index contributed by atoms with van der Waals surface area (Å²) in [6.45, 7) is 5.52. The lowest BCUT2D eigenvalue weighted by Gasteiger charge is -2.26. The highest BCUT2D eigenvalue weighted by Crippen LogP contribution is 2.26. The minimum absolute atomic E-state index is 0.122. The van der Waals surface area contributed by atoms with Crippen molar-refractivity contribution in [3.63, 3.8) is 0 Å². The van der Waals surface area contributed by atoms with Crippen LogP contribution in [0.25, 0.3) is 0 Å². The average Bonchev–Trinajstić information content (AvgIpc) is 2.77. The van der Waals surface area contributed by atoms with Gasteiger partial charge in [0, 0.05) is 5.02 Å². The molecule has 1 N–H and O–H groups in total. The Morgan fingerprint density at radius 3 is 1.97 bits per heavy atom. The Balaban J connectivity index is 1.89. The minimum Gasteiger partial charge on any atom is -0.348 e. The highest BCUT2D eigenvalue weighted by Gasteiger charge is 2.28. The predicted octanol–water partition coefficient (Wildman–Crippen LogP) is 5.42.